The molecule has 1 aliphatic rings. The molecule has 1 N–H and O–H groups in total. The van der Waals surface area contributed by atoms with Crippen molar-refractivity contribution in [2.45, 2.75) is 18.6 Å². The maximum atomic E-state index is 10.2. The zero-order valence-corrected chi connectivity index (χ0v) is 12.7. The SMILES string of the molecule is COc1ccc(Br)cc1CC(O)C1CSCCO1. The van der Waals surface area contributed by atoms with Crippen LogP contribution < -0.4 is 4.74 Å². The lowest BCUT2D eigenvalue weighted by molar-refractivity contribution is -0.0209. The van der Waals surface area contributed by atoms with Crippen molar-refractivity contribution in [3.8, 4) is 5.75 Å². The van der Waals surface area contributed by atoms with Crippen LogP contribution >= 0.6 is 27.7 Å². The topological polar surface area (TPSA) is 38.7 Å². The van der Waals surface area contributed by atoms with Gasteiger partial charge in [-0.05, 0) is 23.8 Å². The first-order chi connectivity index (χ1) is 8.70. The minimum Gasteiger partial charge on any atom is -0.496 e. The molecular weight excluding hydrogens is 316 g/mol. The quantitative estimate of drug-likeness (QED) is 0.919. The molecule has 1 aliphatic heterocycles. The van der Waals surface area contributed by atoms with Crippen LogP contribution in [0.5, 0.6) is 5.75 Å². The zero-order chi connectivity index (χ0) is 13.0. The molecule has 3 nitrogen and oxygen atoms in total. The number of halogens is 1. The minimum atomic E-state index is -0.485. The Labute approximate surface area is 120 Å². The van der Waals surface area contributed by atoms with E-state index in [4.69, 9.17) is 9.47 Å². The molecule has 0 bridgehead atoms. The van der Waals surface area contributed by atoms with Gasteiger partial charge in [0.05, 0.1) is 25.9 Å². The van der Waals surface area contributed by atoms with Gasteiger partial charge in [0, 0.05) is 22.4 Å². The molecule has 2 unspecified atom stereocenters. The van der Waals surface area contributed by atoms with E-state index in [1.165, 1.54) is 0 Å². The summed E-state index contributed by atoms with van der Waals surface area (Å²) in [5.41, 5.74) is 0.999. The van der Waals surface area contributed by atoms with Gasteiger partial charge in [0.25, 0.3) is 0 Å². The van der Waals surface area contributed by atoms with E-state index in [0.717, 1.165) is 33.9 Å². The smallest absolute Gasteiger partial charge is 0.122 e. The fourth-order valence-corrected chi connectivity index (χ4v) is 3.33. The number of benzene rings is 1. The Morgan fingerprint density at radius 1 is 1.61 bits per heavy atom. The Balaban J connectivity index is 2.05. The van der Waals surface area contributed by atoms with E-state index in [-0.39, 0.29) is 6.10 Å². The first-order valence-electron chi connectivity index (χ1n) is 5.90. The Morgan fingerprint density at radius 2 is 2.44 bits per heavy atom. The van der Waals surface area contributed by atoms with E-state index in [1.54, 1.807) is 7.11 Å². The summed E-state index contributed by atoms with van der Waals surface area (Å²) in [6.07, 6.45) is -0.0122. The van der Waals surface area contributed by atoms with Gasteiger partial charge in [0.15, 0.2) is 0 Å². The molecule has 1 saturated heterocycles. The number of hydrogen-bond acceptors (Lipinski definition) is 4. The van der Waals surface area contributed by atoms with Crippen LogP contribution in [0.3, 0.4) is 0 Å². The molecule has 18 heavy (non-hydrogen) atoms. The van der Waals surface area contributed by atoms with Crippen molar-refractivity contribution in [2.24, 2.45) is 0 Å². The second-order valence-electron chi connectivity index (χ2n) is 4.21. The number of aliphatic hydroxyl groups excluding tert-OH is 1. The van der Waals surface area contributed by atoms with Crippen molar-refractivity contribution in [3.05, 3.63) is 28.2 Å². The van der Waals surface area contributed by atoms with Gasteiger partial charge in [0.1, 0.15) is 5.75 Å². The molecule has 1 heterocycles. The highest BCUT2D eigenvalue weighted by Gasteiger charge is 2.24. The zero-order valence-electron chi connectivity index (χ0n) is 10.3. The molecule has 0 aromatic heterocycles. The van der Waals surface area contributed by atoms with Crippen LogP contribution in [-0.2, 0) is 11.2 Å². The van der Waals surface area contributed by atoms with E-state index >= 15 is 0 Å². The molecule has 1 fully saturated rings. The second kappa shape index (κ2) is 6.80. The lowest BCUT2D eigenvalue weighted by atomic mass is 10.0. The maximum absolute atomic E-state index is 10.2. The molecular formula is C13H17BrO3S. The highest BCUT2D eigenvalue weighted by Crippen LogP contribution is 2.26. The molecule has 2 atom stereocenters. The largest absolute Gasteiger partial charge is 0.496 e. The predicted molar refractivity (Wildman–Crippen MR) is 77.5 cm³/mol. The van der Waals surface area contributed by atoms with Crippen LogP contribution in [0.15, 0.2) is 22.7 Å². The number of ether oxygens (including phenoxy) is 2. The van der Waals surface area contributed by atoms with Gasteiger partial charge in [-0.1, -0.05) is 15.9 Å². The molecule has 1 aromatic carbocycles. The summed E-state index contributed by atoms with van der Waals surface area (Å²) in [5, 5.41) is 10.2. The lowest BCUT2D eigenvalue weighted by Gasteiger charge is -2.27. The monoisotopic (exact) mass is 332 g/mol. The third kappa shape index (κ3) is 3.63. The number of hydrogen-bond donors (Lipinski definition) is 1. The van der Waals surface area contributed by atoms with Crippen molar-refractivity contribution < 1.29 is 14.6 Å². The van der Waals surface area contributed by atoms with Crippen LogP contribution in [0.1, 0.15) is 5.56 Å². The average molecular weight is 333 g/mol. The standard InChI is InChI=1S/C13H17BrO3S/c1-16-12-3-2-10(14)6-9(12)7-11(15)13-8-18-5-4-17-13/h2-3,6,11,13,15H,4-5,7-8H2,1H3. The van der Waals surface area contributed by atoms with Gasteiger partial charge in [-0.2, -0.15) is 11.8 Å². The number of aliphatic hydroxyl groups is 1. The highest BCUT2D eigenvalue weighted by atomic mass is 79.9. The number of methoxy groups -OCH3 is 1. The highest BCUT2D eigenvalue weighted by molar-refractivity contribution is 9.10. The van der Waals surface area contributed by atoms with Crippen molar-refractivity contribution in [2.75, 3.05) is 25.2 Å². The molecule has 100 valence electrons. The van der Waals surface area contributed by atoms with Crippen LogP contribution in [-0.4, -0.2) is 42.5 Å². The maximum Gasteiger partial charge on any atom is 0.122 e. The third-order valence-corrected chi connectivity index (χ3v) is 4.46. The van der Waals surface area contributed by atoms with Gasteiger partial charge < -0.3 is 14.6 Å². The van der Waals surface area contributed by atoms with Gasteiger partial charge in [-0.25, -0.2) is 0 Å². The Kier molecular flexibility index (Phi) is 5.36. The Hall–Kier alpha value is -0.230. The molecule has 0 spiro atoms. The van der Waals surface area contributed by atoms with Crippen LogP contribution in [0.2, 0.25) is 0 Å². The fraction of sp³-hybridized carbons (Fsp3) is 0.538. The van der Waals surface area contributed by atoms with Gasteiger partial charge in [0.2, 0.25) is 0 Å². The predicted octanol–water partition coefficient (Wildman–Crippen LogP) is 2.49. The molecule has 1 aromatic rings. The first kappa shape index (κ1) is 14.2. The first-order valence-corrected chi connectivity index (χ1v) is 7.85. The number of rotatable bonds is 4. The van der Waals surface area contributed by atoms with Crippen molar-refractivity contribution >= 4 is 27.7 Å². The lowest BCUT2D eigenvalue weighted by Crippen LogP contribution is -2.36. The summed E-state index contributed by atoms with van der Waals surface area (Å²) >= 11 is 5.27. The molecule has 5 heteroatoms. The summed E-state index contributed by atoms with van der Waals surface area (Å²) in [5.74, 6) is 2.68. The summed E-state index contributed by atoms with van der Waals surface area (Å²) in [6, 6.07) is 5.82. The molecule has 2 rings (SSSR count). The molecule has 0 amide bonds. The fourth-order valence-electron chi connectivity index (χ4n) is 1.99. The van der Waals surface area contributed by atoms with E-state index in [9.17, 15) is 5.11 Å². The van der Waals surface area contributed by atoms with E-state index in [1.807, 2.05) is 30.0 Å². The van der Waals surface area contributed by atoms with Crippen LogP contribution in [0.25, 0.3) is 0 Å². The summed E-state index contributed by atoms with van der Waals surface area (Å²) in [4.78, 5) is 0. The second-order valence-corrected chi connectivity index (χ2v) is 6.28. The average Bonchev–Trinajstić information content (AvgIpc) is 2.40. The summed E-state index contributed by atoms with van der Waals surface area (Å²) in [7, 11) is 1.64. The third-order valence-electron chi connectivity index (χ3n) is 2.94. The van der Waals surface area contributed by atoms with Crippen molar-refractivity contribution in [1.82, 2.24) is 0 Å². The van der Waals surface area contributed by atoms with Gasteiger partial charge in [-0.15, -0.1) is 0 Å². The summed E-state index contributed by atoms with van der Waals surface area (Å²) < 4.78 is 11.9. The van der Waals surface area contributed by atoms with E-state index < -0.39 is 6.10 Å². The number of thioether (sulfide) groups is 1. The van der Waals surface area contributed by atoms with E-state index in [0.29, 0.717) is 6.42 Å². The molecule has 0 saturated carbocycles. The van der Waals surface area contributed by atoms with E-state index in [2.05, 4.69) is 15.9 Å². The summed E-state index contributed by atoms with van der Waals surface area (Å²) in [6.45, 7) is 0.724. The Morgan fingerprint density at radius 3 is 3.11 bits per heavy atom. The van der Waals surface area contributed by atoms with Gasteiger partial charge >= 0.3 is 0 Å². The molecule has 0 radical (unpaired) electrons. The van der Waals surface area contributed by atoms with Crippen molar-refractivity contribution in [3.63, 3.8) is 0 Å². The molecule has 0 aliphatic carbocycles. The minimum absolute atomic E-state index is 0.0764. The van der Waals surface area contributed by atoms with Crippen LogP contribution in [0, 0.1) is 0 Å². The van der Waals surface area contributed by atoms with Crippen LogP contribution in [0.4, 0.5) is 0 Å². The normalized spacial score (nSPS) is 21.6. The Bertz CT molecular complexity index is 394. The van der Waals surface area contributed by atoms with Crippen molar-refractivity contribution in [1.29, 1.82) is 0 Å². The van der Waals surface area contributed by atoms with Gasteiger partial charge in [-0.3, -0.25) is 0 Å².